The lowest BCUT2D eigenvalue weighted by atomic mass is 9.93. The van der Waals surface area contributed by atoms with Gasteiger partial charge in [0.25, 0.3) is 0 Å². The molecule has 2 aromatic heterocycles. The topological polar surface area (TPSA) is 109 Å². The molecule has 1 aromatic carbocycles. The average molecular weight is 429 g/mol. The first-order chi connectivity index (χ1) is 15.5. The number of esters is 1. The number of benzene rings is 1. The van der Waals surface area contributed by atoms with E-state index in [4.69, 9.17) is 10.00 Å². The van der Waals surface area contributed by atoms with Crippen LogP contribution in [-0.4, -0.2) is 50.3 Å². The van der Waals surface area contributed by atoms with E-state index in [1.54, 1.807) is 13.1 Å². The van der Waals surface area contributed by atoms with Gasteiger partial charge in [0.05, 0.1) is 23.0 Å². The number of carbonyl (C=O) groups is 1. The van der Waals surface area contributed by atoms with Gasteiger partial charge in [-0.25, -0.2) is 19.4 Å². The maximum atomic E-state index is 11.8. The summed E-state index contributed by atoms with van der Waals surface area (Å²) in [4.78, 5) is 23.1. The third kappa shape index (κ3) is 3.64. The van der Waals surface area contributed by atoms with Gasteiger partial charge in [-0.3, -0.25) is 4.90 Å². The summed E-state index contributed by atoms with van der Waals surface area (Å²) in [6.45, 7) is 7.61. The predicted octanol–water partition coefficient (Wildman–Crippen LogP) is 1.97. The number of aryl methyl sites for hydroxylation is 1. The van der Waals surface area contributed by atoms with Crippen LogP contribution in [0.25, 0.3) is 5.95 Å². The standard InChI is InChI=1S/C23H23N7O2/c1-14-18(3-4-19-20(14)13-32-22(19)31)21-12-29(6-5-25-21)10-16-8-26-23(27-9-16)30-11-17(7-24)15(2)28-30/h3-4,8-9,11,21,25H,5-6,10,12-13H2,1-2H3/t21-/m0/s1. The monoisotopic (exact) mass is 429 g/mol. The minimum atomic E-state index is -0.231. The number of hydrogen-bond donors (Lipinski definition) is 1. The molecule has 9 heteroatoms. The lowest BCUT2D eigenvalue weighted by Gasteiger charge is -2.34. The molecular weight excluding hydrogens is 406 g/mol. The van der Waals surface area contributed by atoms with Gasteiger partial charge < -0.3 is 10.1 Å². The van der Waals surface area contributed by atoms with Crippen molar-refractivity contribution in [3.05, 3.63) is 69.8 Å². The van der Waals surface area contributed by atoms with E-state index < -0.39 is 0 Å². The number of piperazine rings is 1. The van der Waals surface area contributed by atoms with E-state index in [0.717, 1.165) is 42.9 Å². The third-order valence-corrected chi connectivity index (χ3v) is 6.16. The fourth-order valence-electron chi connectivity index (χ4n) is 4.39. The van der Waals surface area contributed by atoms with Crippen molar-refractivity contribution in [3.63, 3.8) is 0 Å². The summed E-state index contributed by atoms with van der Waals surface area (Å²) in [6, 6.07) is 6.22. The summed E-state index contributed by atoms with van der Waals surface area (Å²) >= 11 is 0. The number of carbonyl (C=O) groups excluding carboxylic acids is 1. The number of nitrogens with zero attached hydrogens (tertiary/aromatic N) is 6. The van der Waals surface area contributed by atoms with Crippen LogP contribution in [0.5, 0.6) is 0 Å². The van der Waals surface area contributed by atoms with Crippen LogP contribution in [0.3, 0.4) is 0 Å². The van der Waals surface area contributed by atoms with Crippen molar-refractivity contribution in [1.82, 2.24) is 30.0 Å². The molecule has 0 spiro atoms. The molecule has 3 aromatic rings. The SMILES string of the molecule is Cc1nn(-c2ncc(CN3CCN[C@H](c4ccc5c(c4C)COC5=O)C3)cn2)cc1C#N. The normalized spacial score (nSPS) is 18.3. The molecule has 5 rings (SSSR count). The Bertz CT molecular complexity index is 1230. The van der Waals surface area contributed by atoms with Crippen molar-refractivity contribution >= 4 is 5.97 Å². The summed E-state index contributed by atoms with van der Waals surface area (Å²) in [6.07, 6.45) is 5.26. The molecule has 1 saturated heterocycles. The molecule has 32 heavy (non-hydrogen) atoms. The van der Waals surface area contributed by atoms with Crippen molar-refractivity contribution in [1.29, 1.82) is 5.26 Å². The summed E-state index contributed by atoms with van der Waals surface area (Å²) < 4.78 is 6.73. The quantitative estimate of drug-likeness (QED) is 0.627. The second-order valence-electron chi connectivity index (χ2n) is 8.20. The molecule has 0 amide bonds. The van der Waals surface area contributed by atoms with E-state index in [9.17, 15) is 4.79 Å². The molecule has 0 unspecified atom stereocenters. The highest BCUT2D eigenvalue weighted by Gasteiger charge is 2.28. The first-order valence-electron chi connectivity index (χ1n) is 10.6. The molecule has 0 bridgehead atoms. The maximum absolute atomic E-state index is 11.8. The van der Waals surface area contributed by atoms with Gasteiger partial charge in [-0.15, -0.1) is 0 Å². The zero-order valence-electron chi connectivity index (χ0n) is 18.0. The van der Waals surface area contributed by atoms with Gasteiger partial charge in [0.2, 0.25) is 5.95 Å². The van der Waals surface area contributed by atoms with Gasteiger partial charge in [0.1, 0.15) is 12.7 Å². The van der Waals surface area contributed by atoms with Gasteiger partial charge in [-0.05, 0) is 31.0 Å². The predicted molar refractivity (Wildman–Crippen MR) is 115 cm³/mol. The Morgan fingerprint density at radius 2 is 2.09 bits per heavy atom. The highest BCUT2D eigenvalue weighted by atomic mass is 16.5. The van der Waals surface area contributed by atoms with E-state index in [0.29, 0.717) is 29.4 Å². The maximum Gasteiger partial charge on any atom is 0.338 e. The van der Waals surface area contributed by atoms with E-state index in [1.165, 1.54) is 10.2 Å². The number of aromatic nitrogens is 4. The lowest BCUT2D eigenvalue weighted by Crippen LogP contribution is -2.45. The van der Waals surface area contributed by atoms with Crippen LogP contribution < -0.4 is 5.32 Å². The zero-order chi connectivity index (χ0) is 22.2. The minimum absolute atomic E-state index is 0.182. The fourth-order valence-corrected chi connectivity index (χ4v) is 4.39. The molecule has 2 aliphatic heterocycles. The smallest absolute Gasteiger partial charge is 0.338 e. The zero-order valence-corrected chi connectivity index (χ0v) is 18.0. The highest BCUT2D eigenvalue weighted by molar-refractivity contribution is 5.94. The van der Waals surface area contributed by atoms with Crippen molar-refractivity contribution in [3.8, 4) is 12.0 Å². The first kappa shape index (κ1) is 20.3. The van der Waals surface area contributed by atoms with Crippen LogP contribution >= 0.6 is 0 Å². The molecular formula is C23H23N7O2. The number of nitrogens with one attached hydrogen (secondary N) is 1. The Morgan fingerprint density at radius 1 is 1.28 bits per heavy atom. The minimum Gasteiger partial charge on any atom is -0.457 e. The van der Waals surface area contributed by atoms with Gasteiger partial charge in [0.15, 0.2) is 0 Å². The summed E-state index contributed by atoms with van der Waals surface area (Å²) in [5, 5.41) is 17.0. The van der Waals surface area contributed by atoms with Crippen molar-refractivity contribution in [2.24, 2.45) is 0 Å². The van der Waals surface area contributed by atoms with Crippen LogP contribution in [0.1, 0.15) is 49.9 Å². The fraction of sp³-hybridized carbons (Fsp3) is 0.348. The Balaban J connectivity index is 1.29. The van der Waals surface area contributed by atoms with E-state index in [2.05, 4.69) is 38.3 Å². The van der Waals surface area contributed by atoms with Gasteiger partial charge in [-0.1, -0.05) is 6.07 Å². The molecule has 0 saturated carbocycles. The van der Waals surface area contributed by atoms with Gasteiger partial charge in [0, 0.05) is 55.7 Å². The molecule has 2 aliphatic rings. The first-order valence-corrected chi connectivity index (χ1v) is 10.6. The lowest BCUT2D eigenvalue weighted by molar-refractivity contribution is 0.0535. The highest BCUT2D eigenvalue weighted by Crippen LogP contribution is 2.30. The molecule has 1 atom stereocenters. The molecule has 162 valence electrons. The molecule has 0 aliphatic carbocycles. The number of hydrogen-bond acceptors (Lipinski definition) is 8. The van der Waals surface area contributed by atoms with Crippen molar-refractivity contribution in [2.75, 3.05) is 19.6 Å². The van der Waals surface area contributed by atoms with Crippen LogP contribution in [-0.2, 0) is 17.9 Å². The van der Waals surface area contributed by atoms with Crippen LogP contribution in [0.4, 0.5) is 0 Å². The van der Waals surface area contributed by atoms with Gasteiger partial charge >= 0.3 is 5.97 Å². The van der Waals surface area contributed by atoms with Crippen molar-refractivity contribution < 1.29 is 9.53 Å². The molecule has 1 N–H and O–H groups in total. The van der Waals surface area contributed by atoms with Crippen LogP contribution in [0.15, 0.2) is 30.7 Å². The Morgan fingerprint density at radius 3 is 2.84 bits per heavy atom. The largest absolute Gasteiger partial charge is 0.457 e. The summed E-state index contributed by atoms with van der Waals surface area (Å²) in [5.41, 5.74) is 6.22. The molecule has 4 heterocycles. The molecule has 9 nitrogen and oxygen atoms in total. The second-order valence-corrected chi connectivity index (χ2v) is 8.20. The second kappa shape index (κ2) is 8.15. The number of rotatable bonds is 4. The molecule has 0 radical (unpaired) electrons. The summed E-state index contributed by atoms with van der Waals surface area (Å²) in [7, 11) is 0. The van der Waals surface area contributed by atoms with Crippen LogP contribution in [0.2, 0.25) is 0 Å². The number of fused-ring (bicyclic) bond motifs is 1. The number of ether oxygens (including phenoxy) is 1. The van der Waals surface area contributed by atoms with E-state index >= 15 is 0 Å². The average Bonchev–Trinajstić information content (AvgIpc) is 3.37. The molecule has 1 fully saturated rings. The number of cyclic esters (lactones) is 1. The number of nitriles is 1. The van der Waals surface area contributed by atoms with Gasteiger partial charge in [-0.2, -0.15) is 10.4 Å². The Kier molecular flexibility index (Phi) is 5.17. The van der Waals surface area contributed by atoms with E-state index in [-0.39, 0.29) is 12.0 Å². The van der Waals surface area contributed by atoms with Crippen LogP contribution in [0, 0.1) is 25.2 Å². The third-order valence-electron chi connectivity index (χ3n) is 6.16. The van der Waals surface area contributed by atoms with E-state index in [1.807, 2.05) is 24.5 Å². The summed E-state index contributed by atoms with van der Waals surface area (Å²) in [5.74, 6) is 0.215. The Labute approximate surface area is 185 Å². The van der Waals surface area contributed by atoms with Crippen molar-refractivity contribution in [2.45, 2.75) is 33.0 Å². The Hall–Kier alpha value is -3.61.